The van der Waals surface area contributed by atoms with Gasteiger partial charge in [-0.25, -0.2) is 0 Å². The largest absolute Gasteiger partial charge is 0.466 e. The smallest absolute Gasteiger partial charge is 0.305 e. The van der Waals surface area contributed by atoms with Crippen LogP contribution in [-0.2, 0) is 23.8 Å². The van der Waals surface area contributed by atoms with E-state index in [0.29, 0.717) is 38.2 Å². The first-order chi connectivity index (χ1) is 24.8. The number of carbonyl (C=O) groups is 2. The lowest BCUT2D eigenvalue weighted by atomic mass is 9.79. The molecule has 2 atom stereocenters. The van der Waals surface area contributed by atoms with Crippen molar-refractivity contribution >= 4 is 11.9 Å². The number of cyclic esters (lactones) is 2. The van der Waals surface area contributed by atoms with Gasteiger partial charge < -0.3 is 19.1 Å². The van der Waals surface area contributed by atoms with Gasteiger partial charge in [0.25, 0.3) is 0 Å². The Morgan fingerprint density at radius 2 is 1.22 bits per heavy atom. The highest BCUT2D eigenvalue weighted by Gasteiger charge is 2.24. The highest BCUT2D eigenvalue weighted by molar-refractivity contribution is 5.69. The Labute approximate surface area is 314 Å². The molecule has 1 rings (SSSR count). The predicted molar refractivity (Wildman–Crippen MR) is 213 cm³/mol. The molecule has 0 N–H and O–H groups in total. The zero-order valence-electron chi connectivity index (χ0n) is 34.0. The minimum absolute atomic E-state index is 0.0845. The van der Waals surface area contributed by atoms with E-state index >= 15 is 0 Å². The van der Waals surface area contributed by atoms with Crippen LogP contribution in [0.5, 0.6) is 0 Å². The molecule has 294 valence electrons. The molecular formula is C45H79NO5. The SMILES string of the molecule is C=C=C=C=C1C(CCCCC)CCOC(=O)CCCCCCCC(OCCCN(C)C(C)C)CCCCCCCC(=O)OCCC1CCCCC. The van der Waals surface area contributed by atoms with Crippen molar-refractivity contribution in [2.24, 2.45) is 11.8 Å². The summed E-state index contributed by atoms with van der Waals surface area (Å²) in [5, 5.41) is 0. The number of hydrogen-bond acceptors (Lipinski definition) is 6. The van der Waals surface area contributed by atoms with E-state index < -0.39 is 0 Å². The van der Waals surface area contributed by atoms with Crippen LogP contribution in [0, 0.1) is 11.8 Å². The maximum atomic E-state index is 12.7. The van der Waals surface area contributed by atoms with Crippen molar-refractivity contribution in [3.8, 4) is 0 Å². The Hall–Kier alpha value is -2.06. The van der Waals surface area contributed by atoms with Crippen molar-refractivity contribution in [2.45, 2.75) is 200 Å². The zero-order chi connectivity index (χ0) is 37.4. The van der Waals surface area contributed by atoms with Crippen LogP contribution in [0.15, 0.2) is 29.3 Å². The first-order valence-corrected chi connectivity index (χ1v) is 21.3. The molecule has 51 heavy (non-hydrogen) atoms. The number of esters is 2. The second-order valence-electron chi connectivity index (χ2n) is 15.3. The Bertz CT molecular complexity index is 952. The van der Waals surface area contributed by atoms with Crippen molar-refractivity contribution < 1.29 is 23.8 Å². The van der Waals surface area contributed by atoms with Gasteiger partial charge in [0.05, 0.1) is 19.3 Å². The van der Waals surface area contributed by atoms with E-state index in [0.717, 1.165) is 122 Å². The number of hydrogen-bond donors (Lipinski definition) is 0. The lowest BCUT2D eigenvalue weighted by Crippen LogP contribution is -2.28. The molecular weight excluding hydrogens is 634 g/mol. The molecule has 6 heteroatoms. The quantitative estimate of drug-likeness (QED) is 0.101. The molecule has 0 aromatic carbocycles. The number of carbonyl (C=O) groups excluding carboxylic acids is 2. The third-order valence-corrected chi connectivity index (χ3v) is 10.7. The summed E-state index contributed by atoms with van der Waals surface area (Å²) in [6.45, 7) is 15.4. The first-order valence-electron chi connectivity index (χ1n) is 21.3. The van der Waals surface area contributed by atoms with E-state index in [1.165, 1.54) is 44.1 Å². The van der Waals surface area contributed by atoms with Crippen LogP contribution in [0.4, 0.5) is 0 Å². The third kappa shape index (κ3) is 25.5. The van der Waals surface area contributed by atoms with E-state index in [4.69, 9.17) is 14.2 Å². The van der Waals surface area contributed by atoms with Crippen LogP contribution >= 0.6 is 0 Å². The van der Waals surface area contributed by atoms with Crippen LogP contribution in [0.3, 0.4) is 0 Å². The van der Waals surface area contributed by atoms with Gasteiger partial charge in [-0.2, -0.15) is 0 Å². The lowest BCUT2D eigenvalue weighted by molar-refractivity contribution is -0.144. The topological polar surface area (TPSA) is 65.1 Å². The zero-order valence-corrected chi connectivity index (χ0v) is 34.0. The van der Waals surface area contributed by atoms with Crippen molar-refractivity contribution in [3.05, 3.63) is 29.3 Å². The molecule has 1 heterocycles. The molecule has 0 spiro atoms. The van der Waals surface area contributed by atoms with E-state index in [9.17, 15) is 9.59 Å². The Morgan fingerprint density at radius 1 is 0.725 bits per heavy atom. The van der Waals surface area contributed by atoms with Gasteiger partial charge >= 0.3 is 11.9 Å². The van der Waals surface area contributed by atoms with Gasteiger partial charge in [0.1, 0.15) is 0 Å². The maximum Gasteiger partial charge on any atom is 0.305 e. The highest BCUT2D eigenvalue weighted by Crippen LogP contribution is 2.33. The molecule has 1 fully saturated rings. The normalized spacial score (nSPS) is 22.1. The van der Waals surface area contributed by atoms with Gasteiger partial charge in [0.15, 0.2) is 0 Å². The number of nitrogens with zero attached hydrogens (tertiary/aromatic N) is 1. The van der Waals surface area contributed by atoms with E-state index in [2.05, 4.69) is 63.4 Å². The van der Waals surface area contributed by atoms with E-state index in [1.54, 1.807) is 0 Å². The molecule has 0 radical (unpaired) electrons. The maximum absolute atomic E-state index is 12.7. The summed E-state index contributed by atoms with van der Waals surface area (Å²) in [5.74, 6) is 0.304. The minimum Gasteiger partial charge on any atom is -0.466 e. The fourth-order valence-electron chi connectivity index (χ4n) is 7.10. The molecule has 0 amide bonds. The van der Waals surface area contributed by atoms with Gasteiger partial charge in [-0.1, -0.05) is 115 Å². The van der Waals surface area contributed by atoms with Gasteiger partial charge in [-0.15, -0.1) is 0 Å². The second-order valence-corrected chi connectivity index (χ2v) is 15.3. The number of rotatable bonds is 14. The molecule has 0 aliphatic carbocycles. The van der Waals surface area contributed by atoms with Crippen LogP contribution in [-0.4, -0.2) is 62.4 Å². The Kier molecular flexibility index (Phi) is 30.0. The average molecular weight is 714 g/mol. The lowest BCUT2D eigenvalue weighted by Gasteiger charge is -2.26. The summed E-state index contributed by atoms with van der Waals surface area (Å²) in [7, 11) is 2.18. The van der Waals surface area contributed by atoms with Gasteiger partial charge in [-0.3, -0.25) is 9.59 Å². The molecule has 1 saturated heterocycles. The van der Waals surface area contributed by atoms with Gasteiger partial charge in [0.2, 0.25) is 0 Å². The molecule has 1 aliphatic rings. The standard InChI is InChI=1S/C45H79NO5/c1-7-10-19-26-40-33-37-50-44(47)31-23-17-13-15-21-28-42(49-36-25-35-46(6)39(4)5)29-22-16-14-18-24-32-45(48)51-38-34-41(27-20-11-8-2)43(40)30-12-9-3/h39-42H,3,7-8,10-11,13-29,31-38H2,1-2,4-6H3. The Balaban J connectivity index is 2.92. The molecule has 0 aromatic rings. The van der Waals surface area contributed by atoms with Crippen LogP contribution in [0.1, 0.15) is 188 Å². The fraction of sp³-hybridized carbons (Fsp3) is 0.844. The summed E-state index contributed by atoms with van der Waals surface area (Å²) < 4.78 is 18.0. The van der Waals surface area contributed by atoms with Gasteiger partial charge in [0, 0.05) is 32.0 Å². The summed E-state index contributed by atoms with van der Waals surface area (Å²) in [6.07, 6.45) is 26.0. The number of unbranched alkanes of at least 4 members (excludes halogenated alkanes) is 4. The summed E-state index contributed by atoms with van der Waals surface area (Å²) in [6, 6.07) is 0.560. The third-order valence-electron chi connectivity index (χ3n) is 10.7. The highest BCUT2D eigenvalue weighted by atomic mass is 16.5. The summed E-state index contributed by atoms with van der Waals surface area (Å²) >= 11 is 0. The summed E-state index contributed by atoms with van der Waals surface area (Å²) in [4.78, 5) is 27.9. The van der Waals surface area contributed by atoms with Crippen LogP contribution in [0.25, 0.3) is 0 Å². The molecule has 2 unspecified atom stereocenters. The van der Waals surface area contributed by atoms with Crippen molar-refractivity contribution in [2.75, 3.05) is 33.4 Å². The molecule has 0 aromatic heterocycles. The van der Waals surface area contributed by atoms with Crippen LogP contribution < -0.4 is 0 Å². The molecule has 6 nitrogen and oxygen atoms in total. The monoisotopic (exact) mass is 714 g/mol. The van der Waals surface area contributed by atoms with E-state index in [1.807, 2.05) is 0 Å². The average Bonchev–Trinajstić information content (AvgIpc) is 3.11. The fourth-order valence-corrected chi connectivity index (χ4v) is 7.10. The molecule has 0 saturated carbocycles. The van der Waals surface area contributed by atoms with Gasteiger partial charge in [-0.05, 0) is 108 Å². The van der Waals surface area contributed by atoms with Crippen molar-refractivity contribution in [1.82, 2.24) is 4.90 Å². The van der Waals surface area contributed by atoms with Crippen LogP contribution in [0.2, 0.25) is 0 Å². The number of allylic oxidation sites excluding steroid dienone is 1. The molecule has 1 aliphatic heterocycles. The predicted octanol–water partition coefficient (Wildman–Crippen LogP) is 11.9. The molecule has 0 bridgehead atoms. The second kappa shape index (κ2) is 32.6. The Morgan fingerprint density at radius 3 is 1.69 bits per heavy atom. The number of ether oxygens (including phenoxy) is 3. The first kappa shape index (κ1) is 47.0. The minimum atomic E-state index is -0.0845. The van der Waals surface area contributed by atoms with Crippen molar-refractivity contribution in [3.63, 3.8) is 0 Å². The summed E-state index contributed by atoms with van der Waals surface area (Å²) in [5.41, 5.74) is 10.5. The van der Waals surface area contributed by atoms with E-state index in [-0.39, 0.29) is 23.8 Å². The van der Waals surface area contributed by atoms with Crippen molar-refractivity contribution in [1.29, 1.82) is 0 Å².